The van der Waals surface area contributed by atoms with E-state index in [2.05, 4.69) is 16.3 Å². The smallest absolute Gasteiger partial charge is 0.119 e. The number of aliphatic hydroxyl groups is 1. The lowest BCUT2D eigenvalue weighted by molar-refractivity contribution is 0.0546. The zero-order valence-corrected chi connectivity index (χ0v) is 13.7. The van der Waals surface area contributed by atoms with E-state index in [4.69, 9.17) is 9.47 Å². The van der Waals surface area contributed by atoms with Crippen molar-refractivity contribution in [3.63, 3.8) is 0 Å². The quantitative estimate of drug-likeness (QED) is 0.730. The summed E-state index contributed by atoms with van der Waals surface area (Å²) in [6.45, 7) is 3.11. The van der Waals surface area contributed by atoms with Crippen molar-refractivity contribution in [1.29, 1.82) is 0 Å². The van der Waals surface area contributed by atoms with Gasteiger partial charge in [-0.25, -0.2) is 0 Å². The highest BCUT2D eigenvalue weighted by atomic mass is 32.1. The molecule has 1 aromatic carbocycles. The van der Waals surface area contributed by atoms with Crippen molar-refractivity contribution >= 4 is 11.3 Å². The fraction of sp³-hybridized carbons (Fsp3) is 0.412. The summed E-state index contributed by atoms with van der Waals surface area (Å²) in [5, 5.41) is 12.3. The zero-order valence-electron chi connectivity index (χ0n) is 12.9. The van der Waals surface area contributed by atoms with Crippen LogP contribution in [-0.2, 0) is 11.3 Å². The van der Waals surface area contributed by atoms with Crippen LogP contribution in [0.5, 0.6) is 5.75 Å². The van der Waals surface area contributed by atoms with Crippen LogP contribution in [0.2, 0.25) is 0 Å². The summed E-state index contributed by atoms with van der Waals surface area (Å²) < 4.78 is 10.8. The molecule has 1 atom stereocenters. The van der Waals surface area contributed by atoms with E-state index in [1.807, 2.05) is 36.4 Å². The Morgan fingerprint density at radius 1 is 1.18 bits per heavy atom. The minimum absolute atomic E-state index is 0.290. The van der Waals surface area contributed by atoms with Gasteiger partial charge in [-0.05, 0) is 23.6 Å². The van der Waals surface area contributed by atoms with Gasteiger partial charge in [0.25, 0.3) is 0 Å². The van der Waals surface area contributed by atoms with E-state index in [-0.39, 0.29) is 6.61 Å². The van der Waals surface area contributed by atoms with Gasteiger partial charge < -0.3 is 14.6 Å². The highest BCUT2D eigenvalue weighted by Crippen LogP contribution is 2.13. The van der Waals surface area contributed by atoms with Gasteiger partial charge in [0.2, 0.25) is 0 Å². The lowest BCUT2D eigenvalue weighted by Crippen LogP contribution is -2.37. The molecular weight excluding hydrogens is 298 g/mol. The summed E-state index contributed by atoms with van der Waals surface area (Å²) in [6, 6.07) is 13.7. The van der Waals surface area contributed by atoms with Crippen LogP contribution in [0.4, 0.5) is 0 Å². The molecule has 0 saturated carbocycles. The van der Waals surface area contributed by atoms with Gasteiger partial charge in [0, 0.05) is 31.6 Å². The Morgan fingerprint density at radius 3 is 2.68 bits per heavy atom. The van der Waals surface area contributed by atoms with Crippen molar-refractivity contribution in [2.24, 2.45) is 0 Å². The molecule has 4 nitrogen and oxygen atoms in total. The predicted octanol–water partition coefficient (Wildman–Crippen LogP) is 2.64. The number of para-hydroxylation sites is 1. The molecule has 0 bridgehead atoms. The van der Waals surface area contributed by atoms with Gasteiger partial charge in [-0.2, -0.15) is 0 Å². The lowest BCUT2D eigenvalue weighted by Gasteiger charge is -2.24. The fourth-order valence-corrected chi connectivity index (χ4v) is 2.88. The average Bonchev–Trinajstić information content (AvgIpc) is 3.04. The van der Waals surface area contributed by atoms with Crippen molar-refractivity contribution in [3.05, 3.63) is 52.7 Å². The third kappa shape index (κ3) is 6.15. The number of hydrogen-bond donors (Lipinski definition) is 1. The molecule has 0 spiro atoms. The molecule has 1 aromatic heterocycles. The molecule has 0 aliphatic heterocycles. The molecule has 0 aliphatic carbocycles. The molecule has 22 heavy (non-hydrogen) atoms. The molecule has 120 valence electrons. The molecule has 0 saturated heterocycles. The van der Waals surface area contributed by atoms with Crippen LogP contribution in [-0.4, -0.2) is 49.5 Å². The number of rotatable bonds is 10. The Morgan fingerprint density at radius 2 is 2.00 bits per heavy atom. The van der Waals surface area contributed by atoms with Crippen LogP contribution >= 0.6 is 11.3 Å². The minimum atomic E-state index is -0.531. The molecule has 0 unspecified atom stereocenters. The van der Waals surface area contributed by atoms with Gasteiger partial charge >= 0.3 is 0 Å². The summed E-state index contributed by atoms with van der Waals surface area (Å²) in [7, 11) is 1.69. The Bertz CT molecular complexity index is 504. The molecule has 0 radical (unpaired) electrons. The molecule has 5 heteroatoms. The minimum Gasteiger partial charge on any atom is -0.491 e. The molecule has 2 rings (SSSR count). The third-order valence-electron chi connectivity index (χ3n) is 3.23. The first-order valence-corrected chi connectivity index (χ1v) is 8.25. The fourth-order valence-electron chi connectivity index (χ4n) is 2.14. The number of hydrogen-bond acceptors (Lipinski definition) is 5. The van der Waals surface area contributed by atoms with E-state index >= 15 is 0 Å². The van der Waals surface area contributed by atoms with Gasteiger partial charge in [-0.1, -0.05) is 24.3 Å². The number of thiophene rings is 1. The number of ether oxygens (including phenoxy) is 2. The summed E-state index contributed by atoms with van der Waals surface area (Å²) in [4.78, 5) is 3.47. The highest BCUT2D eigenvalue weighted by molar-refractivity contribution is 7.09. The van der Waals surface area contributed by atoms with Crippen molar-refractivity contribution < 1.29 is 14.6 Å². The van der Waals surface area contributed by atoms with Crippen LogP contribution in [0.25, 0.3) is 0 Å². The second-order valence-electron chi connectivity index (χ2n) is 5.09. The maximum atomic E-state index is 10.2. The third-order valence-corrected chi connectivity index (χ3v) is 4.09. The second-order valence-corrected chi connectivity index (χ2v) is 6.12. The van der Waals surface area contributed by atoms with E-state index in [1.54, 1.807) is 18.4 Å². The van der Waals surface area contributed by atoms with Crippen LogP contribution in [0.15, 0.2) is 47.8 Å². The normalized spacial score (nSPS) is 12.5. The van der Waals surface area contributed by atoms with Crippen molar-refractivity contribution in [2.45, 2.75) is 12.6 Å². The molecule has 2 aromatic rings. The van der Waals surface area contributed by atoms with E-state index < -0.39 is 6.10 Å². The first-order chi connectivity index (χ1) is 10.8. The highest BCUT2D eigenvalue weighted by Gasteiger charge is 2.13. The number of nitrogens with zero attached hydrogens (tertiary/aromatic N) is 1. The first-order valence-electron chi connectivity index (χ1n) is 7.37. The molecule has 0 amide bonds. The molecule has 1 N–H and O–H groups in total. The van der Waals surface area contributed by atoms with Gasteiger partial charge in [0.1, 0.15) is 18.5 Å². The monoisotopic (exact) mass is 321 g/mol. The van der Waals surface area contributed by atoms with Gasteiger partial charge in [-0.3, -0.25) is 4.90 Å². The maximum absolute atomic E-state index is 10.2. The van der Waals surface area contributed by atoms with E-state index in [9.17, 15) is 5.11 Å². The molecule has 1 heterocycles. The summed E-state index contributed by atoms with van der Waals surface area (Å²) >= 11 is 1.73. The van der Waals surface area contributed by atoms with Gasteiger partial charge in [-0.15, -0.1) is 11.3 Å². The number of benzene rings is 1. The Labute approximate surface area is 135 Å². The zero-order chi connectivity index (χ0) is 15.6. The van der Waals surface area contributed by atoms with Crippen molar-refractivity contribution in [1.82, 2.24) is 4.90 Å². The Balaban J connectivity index is 1.80. The summed E-state index contributed by atoms with van der Waals surface area (Å²) in [5.41, 5.74) is 0. The summed E-state index contributed by atoms with van der Waals surface area (Å²) in [6.07, 6.45) is -0.531. The summed E-state index contributed by atoms with van der Waals surface area (Å²) in [5.74, 6) is 0.781. The Hall–Kier alpha value is -1.40. The standard InChI is InChI=1S/C17H23NO3S/c1-20-10-9-18(13-17-8-5-11-22-17)12-15(19)14-21-16-6-3-2-4-7-16/h2-8,11,15,19H,9-10,12-14H2,1H3/t15-/m0/s1. The predicted molar refractivity (Wildman–Crippen MR) is 89.4 cm³/mol. The van der Waals surface area contributed by atoms with E-state index in [0.717, 1.165) is 18.8 Å². The average molecular weight is 321 g/mol. The van der Waals surface area contributed by atoms with Crippen LogP contribution in [0.1, 0.15) is 4.88 Å². The topological polar surface area (TPSA) is 41.9 Å². The van der Waals surface area contributed by atoms with Crippen molar-refractivity contribution in [2.75, 3.05) is 33.4 Å². The largest absolute Gasteiger partial charge is 0.491 e. The lowest BCUT2D eigenvalue weighted by atomic mass is 10.3. The molecular formula is C17H23NO3S. The van der Waals surface area contributed by atoms with Crippen LogP contribution in [0.3, 0.4) is 0 Å². The van der Waals surface area contributed by atoms with Crippen molar-refractivity contribution in [3.8, 4) is 5.75 Å². The SMILES string of the molecule is COCCN(Cc1cccs1)C[C@H](O)COc1ccccc1. The van der Waals surface area contributed by atoms with E-state index in [0.29, 0.717) is 13.2 Å². The molecule has 0 aliphatic rings. The van der Waals surface area contributed by atoms with E-state index in [1.165, 1.54) is 4.88 Å². The Kier molecular flexibility index (Phi) is 7.39. The van der Waals surface area contributed by atoms with Gasteiger partial charge in [0.05, 0.1) is 6.61 Å². The number of methoxy groups -OCH3 is 1. The van der Waals surface area contributed by atoms with Gasteiger partial charge in [0.15, 0.2) is 0 Å². The first kappa shape index (κ1) is 17.0. The second kappa shape index (κ2) is 9.58. The number of aliphatic hydroxyl groups excluding tert-OH is 1. The maximum Gasteiger partial charge on any atom is 0.119 e. The van der Waals surface area contributed by atoms with Crippen LogP contribution in [0, 0.1) is 0 Å². The molecule has 0 fully saturated rings. The van der Waals surface area contributed by atoms with Crippen LogP contribution < -0.4 is 4.74 Å².